The van der Waals surface area contributed by atoms with E-state index in [-0.39, 0.29) is 0 Å². The third kappa shape index (κ3) is 3.17. The molecule has 1 heterocycles. The molecule has 0 radical (unpaired) electrons. The van der Waals surface area contributed by atoms with E-state index in [4.69, 9.17) is 5.73 Å². The van der Waals surface area contributed by atoms with Crippen LogP contribution in [0.3, 0.4) is 0 Å². The quantitative estimate of drug-likeness (QED) is 0.797. The second-order valence-corrected chi connectivity index (χ2v) is 5.47. The Morgan fingerprint density at radius 1 is 1.40 bits per heavy atom. The number of nitrogens with zero attached hydrogens (tertiary/aromatic N) is 2. The van der Waals surface area contributed by atoms with Crippen LogP contribution in [0.5, 0.6) is 0 Å². The Bertz CT molecular complexity index is 736. The Kier molecular flexibility index (Phi) is 4.41. The first-order chi connectivity index (χ1) is 9.51. The fraction of sp³-hybridized carbons (Fsp3) is 0.308. The molecule has 1 aromatic heterocycles. The normalized spacial score (nSPS) is 10.8. The monoisotopic (exact) mass is 292 g/mol. The lowest BCUT2D eigenvalue weighted by Gasteiger charge is -2.09. The van der Waals surface area contributed by atoms with Crippen LogP contribution in [-0.2, 0) is 13.5 Å². The molecule has 6 nitrogen and oxygen atoms in total. The highest BCUT2D eigenvalue weighted by Gasteiger charge is 2.07. The van der Waals surface area contributed by atoms with Gasteiger partial charge < -0.3 is 5.73 Å². The first-order valence-corrected chi connectivity index (χ1v) is 6.97. The van der Waals surface area contributed by atoms with Crippen LogP contribution in [-0.4, -0.2) is 21.3 Å². The van der Waals surface area contributed by atoms with Crippen LogP contribution < -0.4 is 16.9 Å². The SMILES string of the molecule is Cc1cc(Sc2nc(=O)c(=O)[nH]n2C)ccc1CCN. The summed E-state index contributed by atoms with van der Waals surface area (Å²) in [5, 5.41) is 2.87. The van der Waals surface area contributed by atoms with Crippen molar-refractivity contribution in [3.05, 3.63) is 50.0 Å². The summed E-state index contributed by atoms with van der Waals surface area (Å²) in [5.74, 6) is 0. The molecule has 0 spiro atoms. The number of aryl methyl sites for hydroxylation is 2. The Labute approximate surface area is 120 Å². The Morgan fingerprint density at radius 2 is 2.15 bits per heavy atom. The summed E-state index contributed by atoms with van der Waals surface area (Å²) >= 11 is 1.33. The van der Waals surface area contributed by atoms with E-state index in [0.717, 1.165) is 16.9 Å². The summed E-state index contributed by atoms with van der Waals surface area (Å²) in [5.41, 5.74) is 6.42. The lowest BCUT2D eigenvalue weighted by Crippen LogP contribution is -2.33. The van der Waals surface area contributed by atoms with Gasteiger partial charge in [0.15, 0.2) is 5.16 Å². The Morgan fingerprint density at radius 3 is 2.80 bits per heavy atom. The van der Waals surface area contributed by atoms with Gasteiger partial charge in [0, 0.05) is 11.9 Å². The number of benzene rings is 1. The molecule has 0 saturated heterocycles. The number of nitrogens with one attached hydrogen (secondary N) is 1. The first-order valence-electron chi connectivity index (χ1n) is 6.16. The van der Waals surface area contributed by atoms with E-state index >= 15 is 0 Å². The van der Waals surface area contributed by atoms with Crippen molar-refractivity contribution < 1.29 is 0 Å². The van der Waals surface area contributed by atoms with Crippen molar-refractivity contribution in [2.24, 2.45) is 12.8 Å². The highest BCUT2D eigenvalue weighted by molar-refractivity contribution is 7.99. The number of aromatic amines is 1. The molecule has 2 rings (SSSR count). The maximum atomic E-state index is 11.3. The van der Waals surface area contributed by atoms with Crippen molar-refractivity contribution in [3.8, 4) is 0 Å². The predicted molar refractivity (Wildman–Crippen MR) is 78.2 cm³/mol. The predicted octanol–water partition coefficient (Wildman–Crippen LogP) is 0.429. The van der Waals surface area contributed by atoms with Crippen molar-refractivity contribution in [2.75, 3.05) is 6.54 Å². The highest BCUT2D eigenvalue weighted by atomic mass is 32.2. The van der Waals surface area contributed by atoms with E-state index in [2.05, 4.69) is 10.1 Å². The number of H-pyrrole nitrogens is 1. The minimum Gasteiger partial charge on any atom is -0.330 e. The minimum atomic E-state index is -0.776. The van der Waals surface area contributed by atoms with Crippen molar-refractivity contribution in [1.29, 1.82) is 0 Å². The number of rotatable bonds is 4. The van der Waals surface area contributed by atoms with Crippen LogP contribution in [0.2, 0.25) is 0 Å². The van der Waals surface area contributed by atoms with Crippen molar-refractivity contribution >= 4 is 11.8 Å². The zero-order chi connectivity index (χ0) is 14.7. The molecule has 0 saturated carbocycles. The van der Waals surface area contributed by atoms with Gasteiger partial charge in [-0.1, -0.05) is 17.8 Å². The van der Waals surface area contributed by atoms with Gasteiger partial charge in [-0.25, -0.2) is 0 Å². The highest BCUT2D eigenvalue weighted by Crippen LogP contribution is 2.26. The van der Waals surface area contributed by atoms with Gasteiger partial charge in [0.05, 0.1) is 0 Å². The molecule has 0 aliphatic rings. The molecule has 1 aromatic carbocycles. The molecule has 2 aromatic rings. The molecule has 0 aliphatic carbocycles. The van der Waals surface area contributed by atoms with Crippen LogP contribution in [0, 0.1) is 6.92 Å². The second kappa shape index (κ2) is 6.06. The first kappa shape index (κ1) is 14.5. The summed E-state index contributed by atoms with van der Waals surface area (Å²) in [7, 11) is 1.64. The van der Waals surface area contributed by atoms with Crippen molar-refractivity contribution in [2.45, 2.75) is 23.4 Å². The Hall–Kier alpha value is -1.86. The third-order valence-electron chi connectivity index (χ3n) is 2.88. The average molecular weight is 292 g/mol. The molecular weight excluding hydrogens is 276 g/mol. The van der Waals surface area contributed by atoms with Crippen LogP contribution in [0.15, 0.2) is 37.8 Å². The maximum absolute atomic E-state index is 11.3. The number of hydrogen-bond acceptors (Lipinski definition) is 5. The van der Waals surface area contributed by atoms with Crippen LogP contribution >= 0.6 is 11.8 Å². The van der Waals surface area contributed by atoms with Gasteiger partial charge in [0.25, 0.3) is 0 Å². The van der Waals surface area contributed by atoms with E-state index in [1.54, 1.807) is 7.05 Å². The van der Waals surface area contributed by atoms with Gasteiger partial charge in [-0.05, 0) is 43.1 Å². The fourth-order valence-corrected chi connectivity index (χ4v) is 2.72. The zero-order valence-electron chi connectivity index (χ0n) is 11.3. The van der Waals surface area contributed by atoms with Gasteiger partial charge >= 0.3 is 11.1 Å². The average Bonchev–Trinajstić information content (AvgIpc) is 2.39. The molecule has 0 fully saturated rings. The largest absolute Gasteiger partial charge is 0.339 e. The second-order valence-electron chi connectivity index (χ2n) is 4.43. The topological polar surface area (TPSA) is 93.8 Å². The molecule has 0 unspecified atom stereocenters. The lowest BCUT2D eigenvalue weighted by molar-refractivity contribution is 0.596. The Balaban J connectivity index is 2.31. The number of nitrogens with two attached hydrogens (primary N) is 1. The van der Waals surface area contributed by atoms with Crippen LogP contribution in [0.4, 0.5) is 0 Å². The van der Waals surface area contributed by atoms with Crippen molar-refractivity contribution in [1.82, 2.24) is 14.8 Å². The maximum Gasteiger partial charge on any atom is 0.339 e. The van der Waals surface area contributed by atoms with E-state index in [0.29, 0.717) is 11.7 Å². The molecule has 106 valence electrons. The van der Waals surface area contributed by atoms with Gasteiger partial charge in [-0.3, -0.25) is 19.4 Å². The van der Waals surface area contributed by atoms with Gasteiger partial charge in [0.1, 0.15) is 0 Å². The van der Waals surface area contributed by atoms with Gasteiger partial charge in [0.2, 0.25) is 0 Å². The van der Waals surface area contributed by atoms with E-state index < -0.39 is 11.1 Å². The van der Waals surface area contributed by atoms with E-state index in [1.807, 2.05) is 25.1 Å². The standard InChI is InChI=1S/C13H16N4O2S/c1-8-7-10(4-3-9(8)5-6-14)20-13-15-11(18)12(19)16-17(13)2/h3-4,7H,5-6,14H2,1-2H3,(H,16,19). The number of hydrogen-bond donors (Lipinski definition) is 2. The lowest BCUT2D eigenvalue weighted by atomic mass is 10.1. The molecule has 20 heavy (non-hydrogen) atoms. The molecule has 3 N–H and O–H groups in total. The third-order valence-corrected chi connectivity index (χ3v) is 3.92. The molecule has 7 heteroatoms. The smallest absolute Gasteiger partial charge is 0.330 e. The van der Waals surface area contributed by atoms with Crippen LogP contribution in [0.25, 0.3) is 0 Å². The molecule has 0 bridgehead atoms. The summed E-state index contributed by atoms with van der Waals surface area (Å²) in [6.07, 6.45) is 0.839. The van der Waals surface area contributed by atoms with Crippen molar-refractivity contribution in [3.63, 3.8) is 0 Å². The van der Waals surface area contributed by atoms with Crippen LogP contribution in [0.1, 0.15) is 11.1 Å². The minimum absolute atomic E-state index is 0.445. The number of aromatic nitrogens is 3. The van der Waals surface area contributed by atoms with E-state index in [1.165, 1.54) is 22.0 Å². The van der Waals surface area contributed by atoms with E-state index in [9.17, 15) is 9.59 Å². The fourth-order valence-electron chi connectivity index (χ4n) is 1.83. The molecule has 0 atom stereocenters. The van der Waals surface area contributed by atoms with Gasteiger partial charge in [-0.15, -0.1) is 0 Å². The zero-order valence-corrected chi connectivity index (χ0v) is 12.2. The molecule has 0 aliphatic heterocycles. The van der Waals surface area contributed by atoms with Gasteiger partial charge in [-0.2, -0.15) is 4.98 Å². The summed E-state index contributed by atoms with van der Waals surface area (Å²) in [4.78, 5) is 27.2. The summed E-state index contributed by atoms with van der Waals surface area (Å²) < 4.78 is 1.44. The molecule has 0 amide bonds. The summed E-state index contributed by atoms with van der Waals surface area (Å²) in [6.45, 7) is 2.64. The molecular formula is C13H16N4O2S. The summed E-state index contributed by atoms with van der Waals surface area (Å²) in [6, 6.07) is 6.00.